The Balaban J connectivity index is 1.37. The number of hydrogen-bond acceptors (Lipinski definition) is 5. The van der Waals surface area contributed by atoms with Crippen LogP contribution in [-0.4, -0.2) is 44.6 Å². The van der Waals surface area contributed by atoms with Crippen LogP contribution in [0.25, 0.3) is 0 Å². The summed E-state index contributed by atoms with van der Waals surface area (Å²) < 4.78 is 5.46. The summed E-state index contributed by atoms with van der Waals surface area (Å²) in [4.78, 5) is 8.12. The third kappa shape index (κ3) is 2.63. The Morgan fingerprint density at radius 1 is 1.30 bits per heavy atom. The Bertz CT molecular complexity index is 455. The molecule has 2 fully saturated rings. The van der Waals surface area contributed by atoms with Crippen LogP contribution in [0.3, 0.4) is 0 Å². The van der Waals surface area contributed by atoms with E-state index in [1.165, 1.54) is 35.7 Å². The van der Waals surface area contributed by atoms with Crippen LogP contribution in [0.15, 0.2) is 0 Å². The van der Waals surface area contributed by atoms with Crippen LogP contribution in [0, 0.1) is 0 Å². The van der Waals surface area contributed by atoms with E-state index in [1.807, 2.05) is 0 Å². The average molecular weight is 311 g/mol. The number of rotatable bonds is 3. The molecule has 3 atom stereocenters. The molecule has 110 valence electrons. The Hall–Kier alpha value is -0.170. The first-order valence-electron chi connectivity index (χ1n) is 7.51. The molecule has 20 heavy (non-hydrogen) atoms. The molecule has 4 nitrogen and oxygen atoms in total. The van der Waals surface area contributed by atoms with Crippen molar-refractivity contribution in [1.82, 2.24) is 15.3 Å². The maximum Gasteiger partial charge on any atom is 0.120 e. The van der Waals surface area contributed by atoms with Gasteiger partial charge in [0.1, 0.15) is 5.82 Å². The Morgan fingerprint density at radius 3 is 3.20 bits per heavy atom. The number of aromatic nitrogens is 2. The minimum absolute atomic E-state index is 0.663. The van der Waals surface area contributed by atoms with E-state index >= 15 is 0 Å². The summed E-state index contributed by atoms with van der Waals surface area (Å²) in [5.74, 6) is 3.73. The Morgan fingerprint density at radius 2 is 2.25 bits per heavy atom. The van der Waals surface area contributed by atoms with Crippen molar-refractivity contribution < 1.29 is 4.74 Å². The second-order valence-corrected chi connectivity index (χ2v) is 8.35. The number of imidazole rings is 1. The van der Waals surface area contributed by atoms with Crippen molar-refractivity contribution in [1.29, 1.82) is 0 Å². The van der Waals surface area contributed by atoms with Gasteiger partial charge in [-0.15, -0.1) is 0 Å². The van der Waals surface area contributed by atoms with E-state index < -0.39 is 0 Å². The van der Waals surface area contributed by atoms with Crippen molar-refractivity contribution in [2.24, 2.45) is 0 Å². The number of nitrogens with one attached hydrogen (secondary N) is 2. The lowest BCUT2D eigenvalue weighted by Gasteiger charge is -2.28. The lowest BCUT2D eigenvalue weighted by molar-refractivity contribution is 0.107. The zero-order chi connectivity index (χ0) is 13.4. The van der Waals surface area contributed by atoms with Crippen molar-refractivity contribution in [3.63, 3.8) is 0 Å². The minimum atomic E-state index is 0.663. The molecular formula is C14H21N3OS2. The van der Waals surface area contributed by atoms with Gasteiger partial charge in [-0.05, 0) is 12.8 Å². The van der Waals surface area contributed by atoms with E-state index in [1.54, 1.807) is 0 Å². The van der Waals surface area contributed by atoms with Gasteiger partial charge in [-0.2, -0.15) is 23.5 Å². The number of hydrogen-bond donors (Lipinski definition) is 2. The molecule has 2 N–H and O–H groups in total. The molecule has 3 heterocycles. The quantitative estimate of drug-likeness (QED) is 0.893. The van der Waals surface area contributed by atoms with Crippen LogP contribution in [-0.2, 0) is 24.3 Å². The molecule has 3 unspecified atom stereocenters. The third-order valence-corrected chi connectivity index (χ3v) is 7.73. The van der Waals surface area contributed by atoms with Crippen LogP contribution in [0.4, 0.5) is 0 Å². The van der Waals surface area contributed by atoms with Crippen LogP contribution >= 0.6 is 23.5 Å². The monoisotopic (exact) mass is 311 g/mol. The molecule has 0 aromatic carbocycles. The molecule has 1 saturated heterocycles. The second kappa shape index (κ2) is 5.91. The van der Waals surface area contributed by atoms with Crippen molar-refractivity contribution in [3.8, 4) is 0 Å². The first-order chi connectivity index (χ1) is 9.90. The van der Waals surface area contributed by atoms with Gasteiger partial charge in [0.25, 0.3) is 0 Å². The van der Waals surface area contributed by atoms with Crippen molar-refractivity contribution in [2.75, 3.05) is 18.1 Å². The van der Waals surface area contributed by atoms with Gasteiger partial charge in [0.2, 0.25) is 0 Å². The molecule has 0 spiro atoms. The standard InChI is InChI=1S/C14H21N3OS2/c1-2-12-14(20-6-5-19-12)10(1)15-7-13-16-9-3-4-18-8-11(9)17-13/h10,12,14-15H,1-8H2,(H,16,17). The number of thioether (sulfide) groups is 2. The molecule has 1 aromatic heterocycles. The van der Waals surface area contributed by atoms with E-state index in [9.17, 15) is 0 Å². The summed E-state index contributed by atoms with van der Waals surface area (Å²) in [6.07, 6.45) is 3.65. The number of H-pyrrole nitrogens is 1. The molecule has 1 saturated carbocycles. The topological polar surface area (TPSA) is 49.9 Å². The highest BCUT2D eigenvalue weighted by Crippen LogP contribution is 2.42. The van der Waals surface area contributed by atoms with Crippen LogP contribution in [0.5, 0.6) is 0 Å². The molecule has 0 bridgehead atoms. The molecular weight excluding hydrogens is 290 g/mol. The van der Waals surface area contributed by atoms with E-state index in [0.717, 1.165) is 35.9 Å². The first-order valence-corrected chi connectivity index (χ1v) is 9.61. The highest BCUT2D eigenvalue weighted by atomic mass is 32.2. The Kier molecular flexibility index (Phi) is 3.99. The maximum absolute atomic E-state index is 5.46. The van der Waals surface area contributed by atoms with Gasteiger partial charge in [-0.25, -0.2) is 4.98 Å². The smallest absolute Gasteiger partial charge is 0.120 e. The molecule has 1 aromatic rings. The van der Waals surface area contributed by atoms with E-state index in [2.05, 4.69) is 33.8 Å². The van der Waals surface area contributed by atoms with Gasteiger partial charge < -0.3 is 15.0 Å². The number of nitrogens with zero attached hydrogens (tertiary/aromatic N) is 1. The summed E-state index contributed by atoms with van der Waals surface area (Å²) in [5, 5.41) is 5.42. The first kappa shape index (κ1) is 13.5. The highest BCUT2D eigenvalue weighted by molar-refractivity contribution is 8.07. The van der Waals surface area contributed by atoms with Crippen LogP contribution in [0.1, 0.15) is 30.1 Å². The van der Waals surface area contributed by atoms with Crippen molar-refractivity contribution in [3.05, 3.63) is 17.2 Å². The summed E-state index contributed by atoms with van der Waals surface area (Å²) >= 11 is 4.35. The van der Waals surface area contributed by atoms with Crippen molar-refractivity contribution in [2.45, 2.75) is 49.0 Å². The summed E-state index contributed by atoms with van der Waals surface area (Å²) in [6.45, 7) is 2.38. The number of fused-ring (bicyclic) bond motifs is 2. The lowest BCUT2D eigenvalue weighted by Crippen LogP contribution is -2.38. The average Bonchev–Trinajstić information content (AvgIpc) is 3.08. The molecule has 4 rings (SSSR count). The minimum Gasteiger partial charge on any atom is -0.375 e. The molecule has 0 amide bonds. The molecule has 3 aliphatic rings. The number of ether oxygens (including phenoxy) is 1. The van der Waals surface area contributed by atoms with E-state index in [0.29, 0.717) is 12.6 Å². The fraction of sp³-hybridized carbons (Fsp3) is 0.786. The Labute approximate surface area is 128 Å². The van der Waals surface area contributed by atoms with Gasteiger partial charge in [-0.3, -0.25) is 0 Å². The summed E-state index contributed by atoms with van der Waals surface area (Å²) in [6, 6.07) is 0.663. The van der Waals surface area contributed by atoms with E-state index in [-0.39, 0.29) is 0 Å². The largest absolute Gasteiger partial charge is 0.375 e. The fourth-order valence-corrected chi connectivity index (χ4v) is 6.73. The van der Waals surface area contributed by atoms with E-state index in [4.69, 9.17) is 9.72 Å². The second-order valence-electron chi connectivity index (χ2n) is 5.72. The molecule has 2 aliphatic heterocycles. The van der Waals surface area contributed by atoms with Crippen LogP contribution in [0.2, 0.25) is 0 Å². The number of aromatic amines is 1. The SMILES string of the molecule is C1Cc2nc(CNC3CCC4SCCSC34)[nH]c2CO1. The van der Waals surface area contributed by atoms with Gasteiger partial charge in [0, 0.05) is 34.5 Å². The van der Waals surface area contributed by atoms with Crippen LogP contribution < -0.4 is 5.32 Å². The predicted molar refractivity (Wildman–Crippen MR) is 84.3 cm³/mol. The molecule has 0 radical (unpaired) electrons. The predicted octanol–water partition coefficient (Wildman–Crippen LogP) is 1.95. The zero-order valence-corrected chi connectivity index (χ0v) is 13.2. The fourth-order valence-electron chi connectivity index (χ4n) is 3.42. The van der Waals surface area contributed by atoms with Gasteiger partial charge in [0.15, 0.2) is 0 Å². The summed E-state index contributed by atoms with van der Waals surface area (Å²) in [5.41, 5.74) is 2.39. The highest BCUT2D eigenvalue weighted by Gasteiger charge is 2.38. The van der Waals surface area contributed by atoms with Gasteiger partial charge >= 0.3 is 0 Å². The normalized spacial score (nSPS) is 32.9. The van der Waals surface area contributed by atoms with Crippen molar-refractivity contribution >= 4 is 23.5 Å². The third-order valence-electron chi connectivity index (χ3n) is 4.43. The molecule has 6 heteroatoms. The lowest BCUT2D eigenvalue weighted by atomic mass is 10.2. The molecule has 1 aliphatic carbocycles. The van der Waals surface area contributed by atoms with Gasteiger partial charge in [0.05, 0.1) is 31.1 Å². The zero-order valence-electron chi connectivity index (χ0n) is 11.6. The summed E-state index contributed by atoms with van der Waals surface area (Å²) in [7, 11) is 0. The maximum atomic E-state index is 5.46. The van der Waals surface area contributed by atoms with Gasteiger partial charge in [-0.1, -0.05) is 0 Å².